The van der Waals surface area contributed by atoms with Gasteiger partial charge in [0.15, 0.2) is 0 Å². The van der Waals surface area contributed by atoms with E-state index in [0.29, 0.717) is 9.87 Å². The average Bonchev–Trinajstić information content (AvgIpc) is 2.93. The molecule has 41 heavy (non-hydrogen) atoms. The number of aromatic nitrogens is 1. The smallest absolute Gasteiger partial charge is 0.354 e. The third kappa shape index (κ3) is 8.14. The Hall–Kier alpha value is -4.24. The van der Waals surface area contributed by atoms with Gasteiger partial charge >= 0.3 is 5.97 Å². The monoisotopic (exact) mass is 588 g/mol. The van der Waals surface area contributed by atoms with E-state index < -0.39 is 63.8 Å². The molecule has 1 heterocycles. The molecule has 0 radical (unpaired) electrons. The van der Waals surface area contributed by atoms with Gasteiger partial charge in [-0.3, -0.25) is 14.8 Å². The van der Waals surface area contributed by atoms with Crippen LogP contribution in [-0.4, -0.2) is 88.3 Å². The molecule has 14 heteroatoms. The van der Waals surface area contributed by atoms with Crippen LogP contribution in [0.3, 0.4) is 0 Å². The highest BCUT2D eigenvalue weighted by molar-refractivity contribution is 7.89. The number of amides is 2. The van der Waals surface area contributed by atoms with Crippen molar-refractivity contribution in [1.82, 2.24) is 19.7 Å². The maximum atomic E-state index is 14.0. The van der Waals surface area contributed by atoms with Gasteiger partial charge in [-0.1, -0.05) is 42.5 Å². The number of pyridine rings is 1. The molecule has 12 nitrogen and oxygen atoms in total. The van der Waals surface area contributed by atoms with Crippen molar-refractivity contribution in [2.45, 2.75) is 30.4 Å². The fourth-order valence-electron chi connectivity index (χ4n) is 3.90. The van der Waals surface area contributed by atoms with E-state index in [1.807, 2.05) is 0 Å². The number of aliphatic hydroxyl groups is 1. The molecule has 3 rings (SSSR count). The van der Waals surface area contributed by atoms with Gasteiger partial charge < -0.3 is 15.5 Å². The minimum Gasteiger partial charge on any atom is -0.477 e. The summed E-state index contributed by atoms with van der Waals surface area (Å²) in [6, 6.07) is 14.3. The first kappa shape index (κ1) is 31.3. The van der Waals surface area contributed by atoms with E-state index in [-0.39, 0.29) is 28.4 Å². The topological polar surface area (TPSA) is 177 Å². The van der Waals surface area contributed by atoms with Crippen LogP contribution in [0.1, 0.15) is 32.1 Å². The quantitative estimate of drug-likeness (QED) is 0.180. The van der Waals surface area contributed by atoms with Gasteiger partial charge in [-0.05, 0) is 48.7 Å². The molecule has 0 fully saturated rings. The van der Waals surface area contributed by atoms with Crippen molar-refractivity contribution in [3.05, 3.63) is 95.1 Å². The predicted octanol–water partition coefficient (Wildman–Crippen LogP) is 1.47. The zero-order chi connectivity index (χ0) is 30.3. The molecule has 0 bridgehead atoms. The third-order valence-corrected chi connectivity index (χ3v) is 8.07. The second-order valence-corrected chi connectivity index (χ2v) is 11.1. The van der Waals surface area contributed by atoms with E-state index in [4.69, 9.17) is 0 Å². The van der Waals surface area contributed by atoms with Crippen molar-refractivity contribution in [2.24, 2.45) is 0 Å². The molecule has 3 aromatic rings. The summed E-state index contributed by atoms with van der Waals surface area (Å²) in [6.45, 7) is -0.216. The van der Waals surface area contributed by atoms with Crippen molar-refractivity contribution >= 4 is 27.8 Å². The normalized spacial score (nSPS) is 12.9. The molecule has 0 saturated carbocycles. The maximum Gasteiger partial charge on any atom is 0.354 e. The number of aryl methyl sites for hydroxylation is 1. The number of benzene rings is 2. The lowest BCUT2D eigenvalue weighted by Crippen LogP contribution is -2.52. The van der Waals surface area contributed by atoms with Crippen LogP contribution < -0.4 is 5.32 Å². The standard InChI is InChI=1S/C27H29FN4O8S/c1-17-11-12-19(28)14-24(17)41(39,40)32(16-25(34)31(2)38)15-23(33)22(13-18-7-4-3-5-8-18)30-26(35)20-9-6-10-21(29-20)27(36)37/h3-12,14,22-23,33,38H,13,15-16H2,1-2H3,(H,30,35)(H,36,37). The van der Waals surface area contributed by atoms with Crippen LogP contribution in [0.4, 0.5) is 4.39 Å². The van der Waals surface area contributed by atoms with Crippen LogP contribution in [-0.2, 0) is 21.2 Å². The average molecular weight is 589 g/mol. The number of aliphatic hydroxyl groups excluding tert-OH is 1. The first-order valence-corrected chi connectivity index (χ1v) is 13.7. The summed E-state index contributed by atoms with van der Waals surface area (Å²) in [7, 11) is -3.60. The van der Waals surface area contributed by atoms with Crippen molar-refractivity contribution in [2.75, 3.05) is 20.1 Å². The minimum atomic E-state index is -4.60. The number of hydroxylamine groups is 2. The summed E-state index contributed by atoms with van der Waals surface area (Å²) in [5.74, 6) is -4.07. The number of nitrogens with one attached hydrogen (secondary N) is 1. The van der Waals surface area contributed by atoms with Gasteiger partial charge in [0.2, 0.25) is 10.0 Å². The summed E-state index contributed by atoms with van der Waals surface area (Å²) < 4.78 is 41.7. The Morgan fingerprint density at radius 1 is 1.02 bits per heavy atom. The lowest BCUT2D eigenvalue weighted by molar-refractivity contribution is -0.159. The summed E-state index contributed by atoms with van der Waals surface area (Å²) in [5.41, 5.74) is 0.194. The number of hydrogen-bond donors (Lipinski definition) is 4. The van der Waals surface area contributed by atoms with E-state index in [1.165, 1.54) is 31.2 Å². The lowest BCUT2D eigenvalue weighted by atomic mass is 10.0. The van der Waals surface area contributed by atoms with Crippen LogP contribution in [0.25, 0.3) is 0 Å². The largest absolute Gasteiger partial charge is 0.477 e. The van der Waals surface area contributed by atoms with Crippen LogP contribution in [0.2, 0.25) is 0 Å². The van der Waals surface area contributed by atoms with Gasteiger partial charge in [-0.25, -0.2) is 27.6 Å². The molecule has 0 aliphatic heterocycles. The van der Waals surface area contributed by atoms with Crippen molar-refractivity contribution in [3.8, 4) is 0 Å². The molecule has 0 aliphatic rings. The predicted molar refractivity (Wildman–Crippen MR) is 143 cm³/mol. The van der Waals surface area contributed by atoms with Crippen LogP contribution >= 0.6 is 0 Å². The van der Waals surface area contributed by atoms with Crippen LogP contribution in [0.15, 0.2) is 71.6 Å². The molecule has 2 amide bonds. The van der Waals surface area contributed by atoms with E-state index in [1.54, 1.807) is 30.3 Å². The van der Waals surface area contributed by atoms with Gasteiger partial charge in [0.25, 0.3) is 11.8 Å². The van der Waals surface area contributed by atoms with Gasteiger partial charge in [0.05, 0.1) is 23.6 Å². The number of carbonyl (C=O) groups excluding carboxylic acids is 2. The molecule has 1 aromatic heterocycles. The SMILES string of the molecule is Cc1ccc(F)cc1S(=O)(=O)N(CC(=O)N(C)O)CC(O)C(Cc1ccccc1)NC(=O)c1cccc(C(=O)O)n1. The number of rotatable bonds is 12. The van der Waals surface area contributed by atoms with Gasteiger partial charge in [0, 0.05) is 13.6 Å². The molecular weight excluding hydrogens is 559 g/mol. The second-order valence-electron chi connectivity index (χ2n) is 9.17. The zero-order valence-corrected chi connectivity index (χ0v) is 23.0. The fourth-order valence-corrected chi connectivity index (χ4v) is 5.55. The molecule has 0 saturated heterocycles. The number of halogens is 1. The highest BCUT2D eigenvalue weighted by atomic mass is 32.2. The molecular formula is C27H29FN4O8S. The van der Waals surface area contributed by atoms with Crippen LogP contribution in [0, 0.1) is 12.7 Å². The zero-order valence-electron chi connectivity index (χ0n) is 22.1. The maximum absolute atomic E-state index is 14.0. The van der Waals surface area contributed by atoms with E-state index in [2.05, 4.69) is 10.3 Å². The molecule has 2 aromatic carbocycles. The number of aromatic carboxylic acids is 1. The highest BCUT2D eigenvalue weighted by Crippen LogP contribution is 2.22. The lowest BCUT2D eigenvalue weighted by Gasteiger charge is -2.30. The first-order valence-electron chi connectivity index (χ1n) is 12.2. The Balaban J connectivity index is 1.97. The van der Waals surface area contributed by atoms with E-state index in [0.717, 1.165) is 19.2 Å². The number of carboxylic acid groups (broad SMARTS) is 1. The minimum absolute atomic E-state index is 0.00704. The van der Waals surface area contributed by atoms with Gasteiger partial charge in [0.1, 0.15) is 17.2 Å². The Labute approximate surface area is 235 Å². The summed E-state index contributed by atoms with van der Waals surface area (Å²) in [6.07, 6.45) is -1.63. The Morgan fingerprint density at radius 2 is 1.68 bits per heavy atom. The summed E-state index contributed by atoms with van der Waals surface area (Å²) in [4.78, 5) is 40.0. The molecule has 4 N–H and O–H groups in total. The summed E-state index contributed by atoms with van der Waals surface area (Å²) >= 11 is 0. The molecule has 2 atom stereocenters. The molecule has 0 spiro atoms. The second kappa shape index (κ2) is 13.4. The van der Waals surface area contributed by atoms with Gasteiger partial charge in [-0.2, -0.15) is 4.31 Å². The Morgan fingerprint density at radius 3 is 2.32 bits per heavy atom. The van der Waals surface area contributed by atoms with Gasteiger partial charge in [-0.15, -0.1) is 0 Å². The fraction of sp³-hybridized carbons (Fsp3) is 0.259. The van der Waals surface area contributed by atoms with E-state index in [9.17, 15) is 42.6 Å². The van der Waals surface area contributed by atoms with Crippen molar-refractivity contribution in [3.63, 3.8) is 0 Å². The Kier molecular flexibility index (Phi) is 10.2. The van der Waals surface area contributed by atoms with E-state index >= 15 is 0 Å². The molecule has 2 unspecified atom stereocenters. The molecule has 0 aliphatic carbocycles. The van der Waals surface area contributed by atoms with Crippen molar-refractivity contribution < 1.29 is 42.6 Å². The number of carboxylic acids is 1. The Bertz CT molecular complexity index is 1520. The number of nitrogens with zero attached hydrogens (tertiary/aromatic N) is 3. The summed E-state index contributed by atoms with van der Waals surface area (Å²) in [5, 5.41) is 32.8. The van der Waals surface area contributed by atoms with Crippen LogP contribution in [0.5, 0.6) is 0 Å². The molecule has 218 valence electrons. The first-order chi connectivity index (χ1) is 19.3. The number of sulfonamides is 1. The third-order valence-electron chi connectivity index (χ3n) is 6.11. The number of hydrogen-bond acceptors (Lipinski definition) is 8. The van der Waals surface area contributed by atoms with Crippen molar-refractivity contribution in [1.29, 1.82) is 0 Å². The number of likely N-dealkylation sites (N-methyl/N-ethyl adjacent to an activating group) is 1. The number of carbonyl (C=O) groups is 3. The highest BCUT2D eigenvalue weighted by Gasteiger charge is 2.34.